The Morgan fingerprint density at radius 3 is 2.70 bits per heavy atom. The van der Waals surface area contributed by atoms with Crippen LogP contribution in [0.25, 0.3) is 0 Å². The molecule has 0 bridgehead atoms. The summed E-state index contributed by atoms with van der Waals surface area (Å²) in [6.07, 6.45) is 1.96. The first-order valence-corrected chi connectivity index (χ1v) is 7.27. The second kappa shape index (κ2) is 5.41. The minimum Gasteiger partial charge on any atom is -0.444 e. The highest BCUT2D eigenvalue weighted by atomic mass is 35.5. The van der Waals surface area contributed by atoms with E-state index in [4.69, 9.17) is 21.1 Å². The molecule has 4 atom stereocenters. The molecule has 0 amide bonds. The number of halogens is 1. The van der Waals surface area contributed by atoms with E-state index < -0.39 is 17.1 Å². The molecule has 4 unspecified atom stereocenters. The molecular formula is C15H22ClNO3. The summed E-state index contributed by atoms with van der Waals surface area (Å²) in [5, 5.41) is -1.45. The Morgan fingerprint density at radius 2 is 2.15 bits per heavy atom. The number of ether oxygens (including phenoxy) is 2. The number of carbonyl (C=O) groups excluding carboxylic acids is 1. The topological polar surface area (TPSA) is 38.8 Å². The molecule has 2 rings (SSSR count). The zero-order valence-electron chi connectivity index (χ0n) is 12.3. The van der Waals surface area contributed by atoms with Gasteiger partial charge in [-0.3, -0.25) is 4.79 Å². The molecule has 0 radical (unpaired) electrons. The summed E-state index contributed by atoms with van der Waals surface area (Å²) >= 11 is 5.90. The summed E-state index contributed by atoms with van der Waals surface area (Å²) in [6.45, 7) is 12.6. The van der Waals surface area contributed by atoms with Gasteiger partial charge in [-0.1, -0.05) is 18.7 Å². The quantitative estimate of drug-likeness (QED) is 0.446. The van der Waals surface area contributed by atoms with Gasteiger partial charge in [-0.15, -0.1) is 0 Å². The van der Waals surface area contributed by atoms with E-state index in [1.807, 2.05) is 0 Å². The Bertz CT molecular complexity index is 426. The highest BCUT2D eigenvalue weighted by Crippen LogP contribution is 2.40. The largest absolute Gasteiger partial charge is 0.444 e. The lowest BCUT2D eigenvalue weighted by Crippen LogP contribution is -2.43. The van der Waals surface area contributed by atoms with Crippen molar-refractivity contribution in [3.63, 3.8) is 0 Å². The highest BCUT2D eigenvalue weighted by Gasteiger charge is 2.44. The van der Waals surface area contributed by atoms with Crippen molar-refractivity contribution in [1.82, 2.24) is 4.90 Å². The van der Waals surface area contributed by atoms with E-state index in [-0.39, 0.29) is 5.92 Å². The molecule has 2 fully saturated rings. The molecule has 5 heteroatoms. The van der Waals surface area contributed by atoms with Gasteiger partial charge in [0.25, 0.3) is 0 Å². The first-order valence-electron chi connectivity index (χ1n) is 6.90. The van der Waals surface area contributed by atoms with E-state index in [0.717, 1.165) is 25.0 Å². The van der Waals surface area contributed by atoms with Crippen molar-refractivity contribution in [2.45, 2.75) is 38.0 Å². The summed E-state index contributed by atoms with van der Waals surface area (Å²) in [7, 11) is 2.11. The Labute approximate surface area is 125 Å². The fourth-order valence-corrected chi connectivity index (χ4v) is 3.08. The minimum absolute atomic E-state index is 0.277. The first kappa shape index (κ1) is 15.4. The van der Waals surface area contributed by atoms with E-state index >= 15 is 0 Å². The maximum atomic E-state index is 12.1. The van der Waals surface area contributed by atoms with Gasteiger partial charge in [-0.05, 0) is 50.9 Å². The van der Waals surface area contributed by atoms with Gasteiger partial charge in [0.15, 0.2) is 0 Å². The third-order valence-corrected chi connectivity index (χ3v) is 4.41. The molecule has 0 aliphatic carbocycles. The second-order valence-corrected chi connectivity index (χ2v) is 6.57. The van der Waals surface area contributed by atoms with Crippen LogP contribution in [0.1, 0.15) is 26.7 Å². The van der Waals surface area contributed by atoms with E-state index in [9.17, 15) is 4.79 Å². The molecule has 2 aliphatic rings. The zero-order valence-corrected chi connectivity index (χ0v) is 13.1. The fraction of sp³-hybridized carbons (Fsp3) is 0.667. The lowest BCUT2D eigenvalue weighted by Gasteiger charge is -2.40. The van der Waals surface area contributed by atoms with Gasteiger partial charge >= 0.3 is 11.2 Å². The van der Waals surface area contributed by atoms with Crippen molar-refractivity contribution in [2.24, 2.45) is 11.8 Å². The summed E-state index contributed by atoms with van der Waals surface area (Å²) in [5.74, 6) is -0.424. The molecule has 0 aromatic carbocycles. The molecule has 0 N–H and O–H groups in total. The van der Waals surface area contributed by atoms with Gasteiger partial charge in [0.05, 0.1) is 0 Å². The van der Waals surface area contributed by atoms with Crippen molar-refractivity contribution in [3.05, 3.63) is 24.5 Å². The predicted molar refractivity (Wildman–Crippen MR) is 78.0 cm³/mol. The average molecular weight is 300 g/mol. The SMILES string of the molecule is C=C1OC(C)(Cl)OC(=O)C1C(=C)C1CCN(C)C(C)C1. The number of likely N-dealkylation sites (tertiary alicyclic amines) is 1. The molecule has 0 spiro atoms. The van der Waals surface area contributed by atoms with Gasteiger partial charge in [0.2, 0.25) is 0 Å². The fourth-order valence-electron chi connectivity index (χ4n) is 2.90. The second-order valence-electron chi connectivity index (χ2n) is 5.88. The number of rotatable bonds is 2. The number of esters is 1. The summed E-state index contributed by atoms with van der Waals surface area (Å²) < 4.78 is 10.5. The number of hydrogen-bond acceptors (Lipinski definition) is 4. The Hall–Kier alpha value is -1.00. The lowest BCUT2D eigenvalue weighted by atomic mass is 9.80. The van der Waals surface area contributed by atoms with Gasteiger partial charge < -0.3 is 14.4 Å². The van der Waals surface area contributed by atoms with Crippen LogP contribution in [0, 0.1) is 11.8 Å². The van der Waals surface area contributed by atoms with Crippen LogP contribution in [0.4, 0.5) is 0 Å². The molecular weight excluding hydrogens is 278 g/mol. The molecule has 0 saturated carbocycles. The molecule has 2 heterocycles. The maximum Gasteiger partial charge on any atom is 0.331 e. The number of carbonyl (C=O) groups is 1. The van der Waals surface area contributed by atoms with Crippen LogP contribution >= 0.6 is 11.6 Å². The predicted octanol–water partition coefficient (Wildman–Crippen LogP) is 2.89. The summed E-state index contributed by atoms with van der Waals surface area (Å²) in [6, 6.07) is 0.470. The van der Waals surface area contributed by atoms with Crippen LogP contribution in [0.3, 0.4) is 0 Å². The van der Waals surface area contributed by atoms with Crippen molar-refractivity contribution < 1.29 is 14.3 Å². The van der Waals surface area contributed by atoms with Crippen LogP contribution < -0.4 is 0 Å². The summed E-state index contributed by atoms with van der Waals surface area (Å²) in [5.41, 5.74) is 0.826. The first-order chi connectivity index (χ1) is 9.21. The number of hydrogen-bond donors (Lipinski definition) is 0. The van der Waals surface area contributed by atoms with Crippen LogP contribution in [0.5, 0.6) is 0 Å². The maximum absolute atomic E-state index is 12.1. The van der Waals surface area contributed by atoms with E-state index in [1.54, 1.807) is 0 Å². The van der Waals surface area contributed by atoms with Gasteiger partial charge in [0.1, 0.15) is 11.7 Å². The molecule has 2 aliphatic heterocycles. The van der Waals surface area contributed by atoms with E-state index in [0.29, 0.717) is 11.8 Å². The Kier molecular flexibility index (Phi) is 4.17. The Balaban J connectivity index is 2.09. The van der Waals surface area contributed by atoms with Crippen LogP contribution in [0.2, 0.25) is 0 Å². The third-order valence-electron chi connectivity index (χ3n) is 4.26. The van der Waals surface area contributed by atoms with Crippen LogP contribution in [-0.4, -0.2) is 35.7 Å². The van der Waals surface area contributed by atoms with E-state index in [2.05, 4.69) is 32.0 Å². The molecule has 2 saturated heterocycles. The highest BCUT2D eigenvalue weighted by molar-refractivity contribution is 6.22. The number of piperidine rings is 1. The van der Waals surface area contributed by atoms with Crippen molar-refractivity contribution >= 4 is 17.6 Å². The van der Waals surface area contributed by atoms with Crippen molar-refractivity contribution in [1.29, 1.82) is 0 Å². The van der Waals surface area contributed by atoms with Crippen molar-refractivity contribution in [3.8, 4) is 0 Å². The van der Waals surface area contributed by atoms with Gasteiger partial charge in [0, 0.05) is 13.0 Å². The number of cyclic esters (lactones) is 1. The van der Waals surface area contributed by atoms with Gasteiger partial charge in [-0.25, -0.2) is 0 Å². The monoisotopic (exact) mass is 299 g/mol. The van der Waals surface area contributed by atoms with Crippen molar-refractivity contribution in [2.75, 3.05) is 13.6 Å². The Morgan fingerprint density at radius 1 is 1.50 bits per heavy atom. The smallest absolute Gasteiger partial charge is 0.331 e. The average Bonchev–Trinajstić information content (AvgIpc) is 2.29. The standard InChI is InChI=1S/C15H22ClNO3/c1-9-8-12(6-7-17(9)5)10(2)13-11(3)19-15(4,16)20-14(13)18/h9,12-13H,2-3,6-8H2,1,4-5H3. The molecule has 20 heavy (non-hydrogen) atoms. The normalized spacial score (nSPS) is 39.1. The zero-order chi connectivity index (χ0) is 15.1. The van der Waals surface area contributed by atoms with E-state index in [1.165, 1.54) is 6.92 Å². The van der Waals surface area contributed by atoms with Crippen LogP contribution in [-0.2, 0) is 14.3 Å². The number of alkyl halides is 1. The molecule has 4 nitrogen and oxygen atoms in total. The minimum atomic E-state index is -1.45. The van der Waals surface area contributed by atoms with Crippen LogP contribution in [0.15, 0.2) is 24.5 Å². The summed E-state index contributed by atoms with van der Waals surface area (Å²) in [4.78, 5) is 14.4. The molecule has 0 aromatic heterocycles. The lowest BCUT2D eigenvalue weighted by molar-refractivity contribution is -0.200. The third kappa shape index (κ3) is 3.01. The molecule has 112 valence electrons. The number of nitrogens with zero attached hydrogens (tertiary/aromatic N) is 1. The van der Waals surface area contributed by atoms with Gasteiger partial charge in [-0.2, -0.15) is 0 Å². The molecule has 0 aromatic rings.